The first kappa shape index (κ1) is 28.1. The van der Waals surface area contributed by atoms with Crippen LogP contribution < -0.4 is 10.7 Å². The number of sulfonamides is 1. The van der Waals surface area contributed by atoms with Gasteiger partial charge in [0.05, 0.1) is 17.7 Å². The van der Waals surface area contributed by atoms with Crippen LogP contribution >= 0.6 is 11.6 Å². The van der Waals surface area contributed by atoms with E-state index in [2.05, 4.69) is 15.8 Å². The number of hydrogen-bond acceptors (Lipinski definition) is 7. The van der Waals surface area contributed by atoms with Crippen molar-refractivity contribution in [1.82, 2.24) is 15.0 Å². The topological polar surface area (TPSA) is 130 Å². The van der Waals surface area contributed by atoms with Crippen molar-refractivity contribution in [2.45, 2.75) is 24.4 Å². The van der Waals surface area contributed by atoms with E-state index in [0.29, 0.717) is 30.4 Å². The lowest BCUT2D eigenvalue weighted by Gasteiger charge is -2.21. The molecule has 0 unspecified atom stereocenters. The van der Waals surface area contributed by atoms with Gasteiger partial charge >= 0.3 is 11.8 Å². The molecular formula is C25H27ClN4O6S. The maximum Gasteiger partial charge on any atom is 0.329 e. The molecule has 0 radical (unpaired) electrons. The number of hydrogen-bond donors (Lipinski definition) is 2. The van der Waals surface area contributed by atoms with Crippen LogP contribution in [0.4, 0.5) is 0 Å². The molecule has 2 amide bonds. The Labute approximate surface area is 220 Å². The van der Waals surface area contributed by atoms with Gasteiger partial charge in [-0.25, -0.2) is 13.8 Å². The minimum atomic E-state index is -3.85. The first-order valence-electron chi connectivity index (χ1n) is 11.3. The molecule has 196 valence electrons. The van der Waals surface area contributed by atoms with Gasteiger partial charge in [0, 0.05) is 31.8 Å². The molecule has 0 atom stereocenters. The maximum atomic E-state index is 13.4. The number of rotatable bonds is 12. The van der Waals surface area contributed by atoms with Crippen molar-refractivity contribution in [1.29, 1.82) is 0 Å². The molecule has 37 heavy (non-hydrogen) atoms. The summed E-state index contributed by atoms with van der Waals surface area (Å²) in [5, 5.41) is 6.72. The number of nitrogens with zero attached hydrogens (tertiary/aromatic N) is 2. The third kappa shape index (κ3) is 8.53. The largest absolute Gasteiger partial charge is 0.459 e. The fraction of sp³-hybridized carbons (Fsp3) is 0.240. The molecule has 0 aliphatic carbocycles. The molecule has 0 aliphatic rings. The number of hydrazone groups is 1. The summed E-state index contributed by atoms with van der Waals surface area (Å²) in [5.74, 6) is -1.13. The second kappa shape index (κ2) is 13.7. The zero-order chi connectivity index (χ0) is 26.7. The molecule has 3 aromatic rings. The summed E-state index contributed by atoms with van der Waals surface area (Å²) in [5.41, 5.74) is 2.87. The summed E-state index contributed by atoms with van der Waals surface area (Å²) < 4.78 is 38.6. The van der Waals surface area contributed by atoms with E-state index >= 15 is 0 Å². The van der Waals surface area contributed by atoms with E-state index in [1.54, 1.807) is 61.7 Å². The number of halogens is 1. The minimum absolute atomic E-state index is 0.0517. The Bertz CT molecular complexity index is 1310. The van der Waals surface area contributed by atoms with E-state index in [-0.39, 0.29) is 23.7 Å². The van der Waals surface area contributed by atoms with E-state index in [9.17, 15) is 18.0 Å². The number of carbonyl (C=O) groups is 2. The first-order chi connectivity index (χ1) is 17.8. The Kier molecular flexibility index (Phi) is 10.4. The van der Waals surface area contributed by atoms with E-state index < -0.39 is 21.8 Å². The Hall–Kier alpha value is -3.51. The molecule has 2 aromatic carbocycles. The van der Waals surface area contributed by atoms with Crippen molar-refractivity contribution in [3.05, 3.63) is 88.8 Å². The zero-order valence-corrected chi connectivity index (χ0v) is 21.7. The second-order valence-corrected chi connectivity index (χ2v) is 10.2. The van der Waals surface area contributed by atoms with Crippen LogP contribution in [0.1, 0.15) is 23.5 Å². The SMILES string of the molecule is COCCCNC(=O)C(=O)N/N=C/c1ccc(CN(Cc2ccc(Cl)cc2)S(=O)(=O)c2ccccc2)o1. The summed E-state index contributed by atoms with van der Waals surface area (Å²) in [6.45, 7) is 0.798. The average Bonchev–Trinajstić information content (AvgIpc) is 3.35. The van der Waals surface area contributed by atoms with Crippen LogP contribution in [0.25, 0.3) is 0 Å². The lowest BCUT2D eigenvalue weighted by atomic mass is 10.2. The molecule has 12 heteroatoms. The van der Waals surface area contributed by atoms with Crippen LogP contribution in [-0.4, -0.2) is 51.0 Å². The number of nitrogens with one attached hydrogen (secondary N) is 2. The van der Waals surface area contributed by atoms with Crippen LogP contribution in [0.2, 0.25) is 5.02 Å². The lowest BCUT2D eigenvalue weighted by Crippen LogP contribution is -2.38. The number of methoxy groups -OCH3 is 1. The highest BCUT2D eigenvalue weighted by atomic mass is 35.5. The van der Waals surface area contributed by atoms with Gasteiger partial charge in [-0.2, -0.15) is 9.41 Å². The lowest BCUT2D eigenvalue weighted by molar-refractivity contribution is -0.139. The maximum absolute atomic E-state index is 13.4. The van der Waals surface area contributed by atoms with Gasteiger partial charge in [0.2, 0.25) is 10.0 Å². The van der Waals surface area contributed by atoms with Gasteiger partial charge in [0.25, 0.3) is 0 Å². The molecule has 10 nitrogen and oxygen atoms in total. The van der Waals surface area contributed by atoms with Crippen LogP contribution in [0.15, 0.2) is 81.1 Å². The molecule has 0 saturated carbocycles. The van der Waals surface area contributed by atoms with E-state index in [4.69, 9.17) is 20.8 Å². The van der Waals surface area contributed by atoms with Gasteiger partial charge in [0.1, 0.15) is 11.5 Å². The van der Waals surface area contributed by atoms with Crippen LogP contribution in [0, 0.1) is 0 Å². The Morgan fingerprint density at radius 3 is 2.46 bits per heavy atom. The van der Waals surface area contributed by atoms with E-state index in [1.165, 1.54) is 22.7 Å². The van der Waals surface area contributed by atoms with Crippen molar-refractivity contribution in [3.63, 3.8) is 0 Å². The normalized spacial score (nSPS) is 11.6. The van der Waals surface area contributed by atoms with Gasteiger partial charge in [-0.3, -0.25) is 9.59 Å². The fourth-order valence-electron chi connectivity index (χ4n) is 3.19. The highest BCUT2D eigenvalue weighted by Gasteiger charge is 2.26. The number of ether oxygens (including phenoxy) is 1. The quantitative estimate of drug-likeness (QED) is 0.155. The number of carbonyl (C=O) groups excluding carboxylic acids is 2. The molecule has 0 aliphatic heterocycles. The second-order valence-electron chi connectivity index (χ2n) is 7.82. The summed E-state index contributed by atoms with van der Waals surface area (Å²) in [7, 11) is -2.31. The van der Waals surface area contributed by atoms with Gasteiger partial charge in [-0.05, 0) is 48.4 Å². The number of furan rings is 1. The summed E-state index contributed by atoms with van der Waals surface area (Å²) in [6, 6.07) is 18.2. The monoisotopic (exact) mass is 546 g/mol. The standard InChI is InChI=1S/C25H27ClN4O6S/c1-35-15-5-14-27-24(31)25(32)29-28-16-21-12-13-22(36-21)18-30(17-19-8-10-20(26)11-9-19)37(33,34)23-6-3-2-4-7-23/h2-4,6-13,16H,5,14-15,17-18H2,1H3,(H,27,31)(H,29,32)/b28-16+. The van der Waals surface area contributed by atoms with Crippen LogP contribution in [0.3, 0.4) is 0 Å². The molecule has 2 N–H and O–H groups in total. The van der Waals surface area contributed by atoms with Crippen molar-refractivity contribution in [2.75, 3.05) is 20.3 Å². The smallest absolute Gasteiger partial charge is 0.329 e. The Morgan fingerprint density at radius 2 is 1.76 bits per heavy atom. The first-order valence-corrected chi connectivity index (χ1v) is 13.1. The summed E-state index contributed by atoms with van der Waals surface area (Å²) >= 11 is 5.97. The van der Waals surface area contributed by atoms with Gasteiger partial charge in [-0.15, -0.1) is 0 Å². The van der Waals surface area contributed by atoms with E-state index in [0.717, 1.165) is 5.56 Å². The molecular weight excluding hydrogens is 520 g/mol. The van der Waals surface area contributed by atoms with Gasteiger partial charge < -0.3 is 14.5 Å². The van der Waals surface area contributed by atoms with E-state index in [1.807, 2.05) is 0 Å². The van der Waals surface area contributed by atoms with Crippen LogP contribution in [0.5, 0.6) is 0 Å². The molecule has 0 fully saturated rings. The Morgan fingerprint density at radius 1 is 1.03 bits per heavy atom. The molecule has 1 heterocycles. The molecule has 0 saturated heterocycles. The summed E-state index contributed by atoms with van der Waals surface area (Å²) in [4.78, 5) is 23.7. The molecule has 1 aromatic heterocycles. The third-order valence-corrected chi connectivity index (χ3v) is 7.10. The Balaban J connectivity index is 1.67. The van der Waals surface area contributed by atoms with Crippen LogP contribution in [-0.2, 0) is 37.4 Å². The highest BCUT2D eigenvalue weighted by molar-refractivity contribution is 7.89. The van der Waals surface area contributed by atoms with Gasteiger partial charge in [0.15, 0.2) is 0 Å². The highest BCUT2D eigenvalue weighted by Crippen LogP contribution is 2.22. The summed E-state index contributed by atoms with van der Waals surface area (Å²) in [6.07, 6.45) is 1.79. The average molecular weight is 547 g/mol. The molecule has 0 bridgehead atoms. The van der Waals surface area contributed by atoms with Gasteiger partial charge in [-0.1, -0.05) is 41.9 Å². The number of amides is 2. The van der Waals surface area contributed by atoms with Crippen molar-refractivity contribution in [2.24, 2.45) is 5.10 Å². The minimum Gasteiger partial charge on any atom is -0.459 e. The van der Waals surface area contributed by atoms with Crippen molar-refractivity contribution < 1.29 is 27.2 Å². The zero-order valence-electron chi connectivity index (χ0n) is 20.1. The van der Waals surface area contributed by atoms with Crippen molar-refractivity contribution >= 4 is 39.7 Å². The predicted molar refractivity (Wildman–Crippen MR) is 138 cm³/mol. The fourth-order valence-corrected chi connectivity index (χ4v) is 4.73. The molecule has 0 spiro atoms. The predicted octanol–water partition coefficient (Wildman–Crippen LogP) is 2.93. The third-order valence-electron chi connectivity index (χ3n) is 5.04. The molecule has 3 rings (SSSR count). The number of benzene rings is 2. The van der Waals surface area contributed by atoms with Crippen molar-refractivity contribution in [3.8, 4) is 0 Å².